The summed E-state index contributed by atoms with van der Waals surface area (Å²) in [6, 6.07) is 0. The minimum atomic E-state index is -0.994. The molecule has 3 N–H and O–H groups in total. The molecule has 1 heterocycles. The van der Waals surface area contributed by atoms with E-state index in [0.717, 1.165) is 0 Å². The van der Waals surface area contributed by atoms with Crippen molar-refractivity contribution in [2.24, 2.45) is 0 Å². The maximum absolute atomic E-state index is 11.4. The van der Waals surface area contributed by atoms with Crippen molar-refractivity contribution in [2.75, 3.05) is 20.3 Å². The van der Waals surface area contributed by atoms with Crippen LogP contribution in [-0.2, 0) is 4.74 Å². The molecule has 0 fully saturated rings. The van der Waals surface area contributed by atoms with Crippen molar-refractivity contribution < 1.29 is 14.6 Å². The predicted octanol–water partition coefficient (Wildman–Crippen LogP) is -0.678. The number of amides is 1. The number of aliphatic hydroxyl groups is 1. The van der Waals surface area contributed by atoms with Gasteiger partial charge in [-0.1, -0.05) is 0 Å². The second-order valence-electron chi connectivity index (χ2n) is 3.76. The van der Waals surface area contributed by atoms with Gasteiger partial charge in [0.15, 0.2) is 0 Å². The second kappa shape index (κ2) is 5.57. The highest BCUT2D eigenvalue weighted by Crippen LogP contribution is 2.07. The number of nitrogens with zero attached hydrogens (tertiary/aromatic N) is 2. The van der Waals surface area contributed by atoms with Crippen LogP contribution in [0, 0.1) is 0 Å². The molecule has 1 aromatic rings. The first kappa shape index (κ1) is 12.6. The number of aromatic nitrogens is 3. The van der Waals surface area contributed by atoms with Crippen LogP contribution in [-0.4, -0.2) is 52.1 Å². The number of hydrogen-bond acceptors (Lipinski definition) is 5. The molecule has 1 aromatic heterocycles. The number of ether oxygens (including phenoxy) is 1. The lowest BCUT2D eigenvalue weighted by molar-refractivity contribution is 0.0242. The summed E-state index contributed by atoms with van der Waals surface area (Å²) >= 11 is 0. The number of nitrogens with one attached hydrogen (secondary N) is 2. The highest BCUT2D eigenvalue weighted by molar-refractivity contribution is 5.90. The van der Waals surface area contributed by atoms with Crippen LogP contribution in [0.2, 0.25) is 0 Å². The zero-order chi connectivity index (χ0) is 12.0. The maximum atomic E-state index is 11.4. The SMILES string of the molecule is COCCC(C)(O)CNC(=O)c1ncn[nH]1. The lowest BCUT2D eigenvalue weighted by Crippen LogP contribution is -2.41. The topological polar surface area (TPSA) is 100 Å². The standard InChI is InChI=1S/C9H16N4O3/c1-9(15,3-4-16-2)5-10-8(14)7-11-6-12-13-7/h6,15H,3-5H2,1-2H3,(H,10,14)(H,11,12,13). The Morgan fingerprint density at radius 3 is 3.06 bits per heavy atom. The lowest BCUT2D eigenvalue weighted by atomic mass is 10.0. The molecule has 1 atom stereocenters. The molecule has 7 nitrogen and oxygen atoms in total. The Bertz CT molecular complexity index is 324. The van der Waals surface area contributed by atoms with Gasteiger partial charge in [0.2, 0.25) is 5.82 Å². The van der Waals surface area contributed by atoms with E-state index in [1.165, 1.54) is 6.33 Å². The molecule has 16 heavy (non-hydrogen) atoms. The molecule has 0 saturated carbocycles. The summed E-state index contributed by atoms with van der Waals surface area (Å²) < 4.78 is 4.86. The summed E-state index contributed by atoms with van der Waals surface area (Å²) in [6.45, 7) is 2.20. The maximum Gasteiger partial charge on any atom is 0.288 e. The Kier molecular flexibility index (Phi) is 4.39. The van der Waals surface area contributed by atoms with Gasteiger partial charge in [0.1, 0.15) is 6.33 Å². The van der Waals surface area contributed by atoms with Crippen molar-refractivity contribution in [2.45, 2.75) is 18.9 Å². The molecule has 0 saturated heterocycles. The third-order valence-electron chi connectivity index (χ3n) is 2.10. The summed E-state index contributed by atoms with van der Waals surface area (Å²) in [6.07, 6.45) is 1.69. The van der Waals surface area contributed by atoms with E-state index in [0.29, 0.717) is 13.0 Å². The van der Waals surface area contributed by atoms with Crippen molar-refractivity contribution in [3.05, 3.63) is 12.2 Å². The van der Waals surface area contributed by atoms with Crippen molar-refractivity contribution >= 4 is 5.91 Å². The summed E-state index contributed by atoms with van der Waals surface area (Å²) in [5.41, 5.74) is -0.994. The summed E-state index contributed by atoms with van der Waals surface area (Å²) in [4.78, 5) is 15.1. The van der Waals surface area contributed by atoms with Crippen LogP contribution in [0.4, 0.5) is 0 Å². The highest BCUT2D eigenvalue weighted by Gasteiger charge is 2.21. The normalized spacial score (nSPS) is 14.4. The number of hydrogen-bond donors (Lipinski definition) is 3. The molecule has 1 amide bonds. The predicted molar refractivity (Wildman–Crippen MR) is 55.8 cm³/mol. The van der Waals surface area contributed by atoms with E-state index in [2.05, 4.69) is 20.5 Å². The van der Waals surface area contributed by atoms with Crippen LogP contribution >= 0.6 is 0 Å². The van der Waals surface area contributed by atoms with Crippen LogP contribution < -0.4 is 5.32 Å². The monoisotopic (exact) mass is 228 g/mol. The number of methoxy groups -OCH3 is 1. The summed E-state index contributed by atoms with van der Waals surface area (Å²) in [5.74, 6) is -0.266. The van der Waals surface area contributed by atoms with Gasteiger partial charge in [-0.2, -0.15) is 5.10 Å². The first-order valence-electron chi connectivity index (χ1n) is 4.90. The molecule has 0 spiro atoms. The zero-order valence-corrected chi connectivity index (χ0v) is 9.36. The number of rotatable bonds is 6. The van der Waals surface area contributed by atoms with E-state index in [4.69, 9.17) is 4.74 Å². The first-order chi connectivity index (χ1) is 7.55. The number of H-pyrrole nitrogens is 1. The Morgan fingerprint density at radius 2 is 2.50 bits per heavy atom. The largest absolute Gasteiger partial charge is 0.388 e. The van der Waals surface area contributed by atoms with E-state index in [9.17, 15) is 9.90 Å². The van der Waals surface area contributed by atoms with E-state index >= 15 is 0 Å². The fourth-order valence-corrected chi connectivity index (χ4v) is 1.08. The average molecular weight is 228 g/mol. The molecular formula is C9H16N4O3. The fraction of sp³-hybridized carbons (Fsp3) is 0.667. The molecular weight excluding hydrogens is 212 g/mol. The molecule has 90 valence electrons. The Morgan fingerprint density at radius 1 is 1.75 bits per heavy atom. The Labute approximate surface area is 93.2 Å². The second-order valence-corrected chi connectivity index (χ2v) is 3.76. The first-order valence-corrected chi connectivity index (χ1v) is 4.90. The molecule has 0 bridgehead atoms. The minimum Gasteiger partial charge on any atom is -0.388 e. The van der Waals surface area contributed by atoms with Gasteiger partial charge in [0.05, 0.1) is 5.60 Å². The van der Waals surface area contributed by atoms with Gasteiger partial charge in [-0.15, -0.1) is 0 Å². The van der Waals surface area contributed by atoms with E-state index in [1.54, 1.807) is 14.0 Å². The Hall–Kier alpha value is -1.47. The minimum absolute atomic E-state index is 0.127. The van der Waals surface area contributed by atoms with Crippen molar-refractivity contribution in [1.29, 1.82) is 0 Å². The molecule has 0 radical (unpaired) electrons. The van der Waals surface area contributed by atoms with Gasteiger partial charge in [-0.25, -0.2) is 4.98 Å². The van der Waals surface area contributed by atoms with Gasteiger partial charge >= 0.3 is 0 Å². The van der Waals surface area contributed by atoms with Gasteiger partial charge in [-0.05, 0) is 6.92 Å². The molecule has 0 aromatic carbocycles. The van der Waals surface area contributed by atoms with Crippen LogP contribution in [0.25, 0.3) is 0 Å². The third kappa shape index (κ3) is 3.95. The molecule has 0 aliphatic carbocycles. The fourth-order valence-electron chi connectivity index (χ4n) is 1.08. The van der Waals surface area contributed by atoms with Crippen molar-refractivity contribution in [3.8, 4) is 0 Å². The van der Waals surface area contributed by atoms with Crippen LogP contribution in [0.15, 0.2) is 6.33 Å². The zero-order valence-electron chi connectivity index (χ0n) is 9.36. The molecule has 0 aliphatic heterocycles. The van der Waals surface area contributed by atoms with Crippen molar-refractivity contribution in [3.63, 3.8) is 0 Å². The number of carbonyl (C=O) groups is 1. The molecule has 1 unspecified atom stereocenters. The van der Waals surface area contributed by atoms with Gasteiger partial charge < -0.3 is 15.2 Å². The quantitative estimate of drug-likeness (QED) is 0.599. The van der Waals surface area contributed by atoms with E-state index in [-0.39, 0.29) is 12.4 Å². The van der Waals surface area contributed by atoms with Gasteiger partial charge in [-0.3, -0.25) is 9.89 Å². The average Bonchev–Trinajstić information content (AvgIpc) is 2.77. The molecule has 0 aliphatic rings. The van der Waals surface area contributed by atoms with Gasteiger partial charge in [0, 0.05) is 26.7 Å². The smallest absolute Gasteiger partial charge is 0.288 e. The Balaban J connectivity index is 2.36. The van der Waals surface area contributed by atoms with Crippen LogP contribution in [0.5, 0.6) is 0 Å². The number of carbonyl (C=O) groups excluding carboxylic acids is 1. The van der Waals surface area contributed by atoms with Crippen LogP contribution in [0.1, 0.15) is 24.0 Å². The summed E-state index contributed by atoms with van der Waals surface area (Å²) in [7, 11) is 1.56. The van der Waals surface area contributed by atoms with Gasteiger partial charge in [0.25, 0.3) is 5.91 Å². The third-order valence-corrected chi connectivity index (χ3v) is 2.10. The number of aromatic amines is 1. The lowest BCUT2D eigenvalue weighted by Gasteiger charge is -2.22. The molecule has 1 rings (SSSR count). The molecule has 7 heteroatoms. The van der Waals surface area contributed by atoms with Crippen molar-refractivity contribution in [1.82, 2.24) is 20.5 Å². The van der Waals surface area contributed by atoms with E-state index in [1.807, 2.05) is 0 Å². The highest BCUT2D eigenvalue weighted by atomic mass is 16.5. The van der Waals surface area contributed by atoms with Crippen LogP contribution in [0.3, 0.4) is 0 Å². The van der Waals surface area contributed by atoms with E-state index < -0.39 is 11.5 Å². The summed E-state index contributed by atoms with van der Waals surface area (Å²) in [5, 5.41) is 18.4.